The van der Waals surface area contributed by atoms with Gasteiger partial charge in [0.25, 0.3) is 5.91 Å². The van der Waals surface area contributed by atoms with E-state index in [1.165, 1.54) is 11.1 Å². The van der Waals surface area contributed by atoms with Crippen molar-refractivity contribution in [1.82, 2.24) is 10.6 Å². The van der Waals surface area contributed by atoms with Gasteiger partial charge in [-0.05, 0) is 55.4 Å². The zero-order chi connectivity index (χ0) is 15.6. The Morgan fingerprint density at radius 3 is 2.64 bits per heavy atom. The van der Waals surface area contributed by atoms with Crippen LogP contribution in [0.5, 0.6) is 0 Å². The van der Waals surface area contributed by atoms with Crippen LogP contribution < -0.4 is 10.6 Å². The Morgan fingerprint density at radius 2 is 1.91 bits per heavy atom. The van der Waals surface area contributed by atoms with Crippen LogP contribution in [-0.2, 0) is 17.6 Å². The molecular weight excluding hydrogens is 280 g/mol. The first kappa shape index (κ1) is 15.0. The average molecular weight is 302 g/mol. The highest BCUT2D eigenvalue weighted by Crippen LogP contribution is 2.44. The fraction of sp³-hybridized carbons (Fsp3) is 0.529. The normalized spacial score (nSPS) is 17.7. The Labute approximate surface area is 130 Å². The van der Waals surface area contributed by atoms with Crippen molar-refractivity contribution in [2.45, 2.75) is 32.1 Å². The molecule has 3 N–H and O–H groups in total. The molecule has 0 saturated heterocycles. The number of rotatable bonds is 6. The van der Waals surface area contributed by atoms with Gasteiger partial charge in [-0.2, -0.15) is 0 Å². The topological polar surface area (TPSA) is 78.4 Å². The molecule has 5 nitrogen and oxygen atoms in total. The summed E-state index contributed by atoms with van der Waals surface area (Å²) in [6, 6.07) is 5.76. The van der Waals surface area contributed by atoms with Gasteiger partial charge >= 0.3 is 0 Å². The van der Waals surface area contributed by atoms with Crippen LogP contribution in [0.4, 0.5) is 0 Å². The van der Waals surface area contributed by atoms with Crippen molar-refractivity contribution in [1.29, 1.82) is 0 Å². The maximum absolute atomic E-state index is 12.1. The quantitative estimate of drug-likeness (QED) is 0.727. The van der Waals surface area contributed by atoms with Crippen LogP contribution in [0.3, 0.4) is 0 Å². The van der Waals surface area contributed by atoms with E-state index in [1.807, 2.05) is 18.2 Å². The number of aryl methyl sites for hydroxylation is 2. The van der Waals surface area contributed by atoms with Crippen LogP contribution in [0.15, 0.2) is 18.2 Å². The third-order valence-corrected chi connectivity index (χ3v) is 4.72. The van der Waals surface area contributed by atoms with Crippen LogP contribution in [-0.4, -0.2) is 36.6 Å². The number of hydrogen-bond donors (Lipinski definition) is 3. The lowest BCUT2D eigenvalue weighted by Gasteiger charge is -2.13. The van der Waals surface area contributed by atoms with Crippen molar-refractivity contribution in [3.8, 4) is 0 Å². The first-order valence-corrected chi connectivity index (χ1v) is 7.89. The molecule has 3 rings (SSSR count). The Hall–Kier alpha value is -1.88. The van der Waals surface area contributed by atoms with E-state index >= 15 is 0 Å². The van der Waals surface area contributed by atoms with Gasteiger partial charge in [0.1, 0.15) is 0 Å². The number of aliphatic hydroxyl groups excluding tert-OH is 1. The Morgan fingerprint density at radius 1 is 1.14 bits per heavy atom. The molecular formula is C17H22N2O3. The SMILES string of the molecule is O=C(CNC(=O)c1ccc2c(c1)CCC2)NCC1(CO)CC1. The van der Waals surface area contributed by atoms with Crippen molar-refractivity contribution in [3.05, 3.63) is 34.9 Å². The van der Waals surface area contributed by atoms with Crippen molar-refractivity contribution >= 4 is 11.8 Å². The molecule has 0 spiro atoms. The van der Waals surface area contributed by atoms with Gasteiger partial charge in [0.05, 0.1) is 13.2 Å². The summed E-state index contributed by atoms with van der Waals surface area (Å²) in [5.74, 6) is -0.428. The minimum Gasteiger partial charge on any atom is -0.396 e. The zero-order valence-electron chi connectivity index (χ0n) is 12.7. The van der Waals surface area contributed by atoms with Crippen molar-refractivity contribution in [2.24, 2.45) is 5.41 Å². The molecule has 5 heteroatoms. The number of nitrogens with one attached hydrogen (secondary N) is 2. The van der Waals surface area contributed by atoms with Gasteiger partial charge in [0, 0.05) is 17.5 Å². The minimum absolute atomic E-state index is 0.0303. The van der Waals surface area contributed by atoms with E-state index in [1.54, 1.807) is 0 Å². The summed E-state index contributed by atoms with van der Waals surface area (Å²) in [5, 5.41) is 14.6. The van der Waals surface area contributed by atoms with Crippen LogP contribution in [0, 0.1) is 5.41 Å². The van der Waals surface area contributed by atoms with E-state index in [0.29, 0.717) is 12.1 Å². The number of fused-ring (bicyclic) bond motifs is 1. The molecule has 0 radical (unpaired) electrons. The first-order valence-electron chi connectivity index (χ1n) is 7.89. The van der Waals surface area contributed by atoms with E-state index in [4.69, 9.17) is 0 Å². The molecule has 0 unspecified atom stereocenters. The monoisotopic (exact) mass is 302 g/mol. The van der Waals surface area contributed by atoms with Gasteiger partial charge in [-0.25, -0.2) is 0 Å². The molecule has 1 aromatic carbocycles. The maximum Gasteiger partial charge on any atom is 0.251 e. The summed E-state index contributed by atoms with van der Waals surface area (Å²) < 4.78 is 0. The second-order valence-corrected chi connectivity index (χ2v) is 6.45. The van der Waals surface area contributed by atoms with Crippen LogP contribution >= 0.6 is 0 Å². The Balaban J connectivity index is 1.46. The molecule has 1 aromatic rings. The van der Waals surface area contributed by atoms with Crippen LogP contribution in [0.2, 0.25) is 0 Å². The molecule has 0 aliphatic heterocycles. The molecule has 0 bridgehead atoms. The van der Waals surface area contributed by atoms with Crippen LogP contribution in [0.25, 0.3) is 0 Å². The Bertz CT molecular complexity index is 594. The third kappa shape index (κ3) is 3.30. The molecule has 118 valence electrons. The van der Waals surface area contributed by atoms with Gasteiger partial charge in [-0.15, -0.1) is 0 Å². The van der Waals surface area contributed by atoms with E-state index in [9.17, 15) is 14.7 Å². The molecule has 2 amide bonds. The average Bonchev–Trinajstić information content (AvgIpc) is 3.18. The Kier molecular flexibility index (Phi) is 4.16. The van der Waals surface area contributed by atoms with E-state index in [0.717, 1.165) is 32.1 Å². The fourth-order valence-electron chi connectivity index (χ4n) is 2.89. The van der Waals surface area contributed by atoms with Crippen molar-refractivity contribution in [2.75, 3.05) is 19.7 Å². The van der Waals surface area contributed by atoms with E-state index in [-0.39, 0.29) is 30.4 Å². The summed E-state index contributed by atoms with van der Waals surface area (Å²) in [7, 11) is 0. The number of carbonyl (C=O) groups is 2. The maximum atomic E-state index is 12.1. The van der Waals surface area contributed by atoms with E-state index < -0.39 is 0 Å². The van der Waals surface area contributed by atoms with Crippen molar-refractivity contribution < 1.29 is 14.7 Å². The lowest BCUT2D eigenvalue weighted by Crippen LogP contribution is -2.39. The highest BCUT2D eigenvalue weighted by Gasteiger charge is 2.41. The second-order valence-electron chi connectivity index (χ2n) is 6.45. The van der Waals surface area contributed by atoms with Gasteiger partial charge in [0.15, 0.2) is 0 Å². The largest absolute Gasteiger partial charge is 0.396 e. The third-order valence-electron chi connectivity index (χ3n) is 4.72. The van der Waals surface area contributed by atoms with Gasteiger partial charge in [0.2, 0.25) is 5.91 Å². The zero-order valence-corrected chi connectivity index (χ0v) is 12.7. The number of amides is 2. The predicted octanol–water partition coefficient (Wildman–Crippen LogP) is 0.794. The molecule has 1 saturated carbocycles. The van der Waals surface area contributed by atoms with E-state index in [2.05, 4.69) is 10.6 Å². The minimum atomic E-state index is -0.215. The number of hydrogen-bond acceptors (Lipinski definition) is 3. The summed E-state index contributed by atoms with van der Waals surface area (Å²) in [6.45, 7) is 0.559. The molecule has 0 aromatic heterocycles. The van der Waals surface area contributed by atoms with Gasteiger partial charge in [-0.3, -0.25) is 9.59 Å². The number of carbonyl (C=O) groups excluding carboxylic acids is 2. The molecule has 2 aliphatic rings. The molecule has 2 aliphatic carbocycles. The molecule has 1 fully saturated rings. The first-order chi connectivity index (χ1) is 10.6. The number of aliphatic hydroxyl groups is 1. The fourth-order valence-corrected chi connectivity index (χ4v) is 2.89. The highest BCUT2D eigenvalue weighted by atomic mass is 16.3. The summed E-state index contributed by atoms with van der Waals surface area (Å²) in [6.07, 6.45) is 5.17. The molecule has 0 atom stereocenters. The smallest absolute Gasteiger partial charge is 0.251 e. The summed E-state index contributed by atoms with van der Waals surface area (Å²) >= 11 is 0. The highest BCUT2D eigenvalue weighted by molar-refractivity contribution is 5.96. The molecule has 22 heavy (non-hydrogen) atoms. The van der Waals surface area contributed by atoms with Crippen molar-refractivity contribution in [3.63, 3.8) is 0 Å². The molecule has 0 heterocycles. The van der Waals surface area contributed by atoms with Gasteiger partial charge < -0.3 is 15.7 Å². The number of benzene rings is 1. The predicted molar refractivity (Wildman–Crippen MR) is 82.6 cm³/mol. The second kappa shape index (κ2) is 6.08. The lowest BCUT2D eigenvalue weighted by molar-refractivity contribution is -0.120. The van der Waals surface area contributed by atoms with Crippen LogP contribution in [0.1, 0.15) is 40.7 Å². The standard InChI is InChI=1S/C17H22N2O3/c20-11-17(6-7-17)10-19-15(21)9-18-16(22)14-5-4-12-2-1-3-13(12)8-14/h4-5,8,20H,1-3,6-7,9-11H2,(H,18,22)(H,19,21). The van der Waals surface area contributed by atoms with Gasteiger partial charge in [-0.1, -0.05) is 6.07 Å². The summed E-state index contributed by atoms with van der Waals surface area (Å²) in [5.41, 5.74) is 3.07. The lowest BCUT2D eigenvalue weighted by atomic mass is 10.1. The summed E-state index contributed by atoms with van der Waals surface area (Å²) in [4.78, 5) is 23.8.